The number of rotatable bonds is 5. The van der Waals surface area contributed by atoms with Crippen molar-refractivity contribution in [3.63, 3.8) is 0 Å². The van der Waals surface area contributed by atoms with E-state index in [0.29, 0.717) is 6.54 Å². The van der Waals surface area contributed by atoms with E-state index in [9.17, 15) is 8.78 Å². The Morgan fingerprint density at radius 1 is 1.11 bits per heavy atom. The van der Waals surface area contributed by atoms with Gasteiger partial charge in [0.25, 0.3) is 0 Å². The first-order valence-corrected chi connectivity index (χ1v) is 6.02. The molecule has 2 rings (SSSR count). The van der Waals surface area contributed by atoms with Gasteiger partial charge in [-0.25, -0.2) is 8.78 Å². The van der Waals surface area contributed by atoms with Crippen LogP contribution in [0, 0.1) is 11.6 Å². The van der Waals surface area contributed by atoms with Gasteiger partial charge in [0, 0.05) is 12.6 Å². The van der Waals surface area contributed by atoms with Crippen LogP contribution in [0.1, 0.15) is 11.7 Å². The van der Waals surface area contributed by atoms with Gasteiger partial charge in [-0.15, -0.1) is 0 Å². The van der Waals surface area contributed by atoms with Crippen LogP contribution in [-0.2, 0) is 0 Å². The Kier molecular flexibility index (Phi) is 4.47. The highest BCUT2D eigenvalue weighted by Crippen LogP contribution is 2.24. The van der Waals surface area contributed by atoms with Crippen molar-refractivity contribution in [2.24, 2.45) is 0 Å². The quantitative estimate of drug-likeness (QED) is 0.893. The fraction of sp³-hybridized carbons (Fsp3) is 0.200. The van der Waals surface area contributed by atoms with E-state index in [-0.39, 0.29) is 11.9 Å². The molecule has 19 heavy (non-hydrogen) atoms. The van der Waals surface area contributed by atoms with Crippen LogP contribution in [0.15, 0.2) is 48.5 Å². The smallest absolute Gasteiger partial charge is 0.168 e. The standard InChI is InChI=1S/C15H15F2NO/c1-18-10-15(11-5-3-2-4-6-11)19-14-8-7-12(16)9-13(14)17/h2-9,15,18H,10H2,1H3. The highest BCUT2D eigenvalue weighted by Gasteiger charge is 2.15. The van der Waals surface area contributed by atoms with Gasteiger partial charge in [-0.05, 0) is 24.7 Å². The van der Waals surface area contributed by atoms with Gasteiger partial charge in [-0.3, -0.25) is 0 Å². The van der Waals surface area contributed by atoms with E-state index >= 15 is 0 Å². The second kappa shape index (κ2) is 6.29. The summed E-state index contributed by atoms with van der Waals surface area (Å²) in [5.41, 5.74) is 0.931. The predicted molar refractivity (Wildman–Crippen MR) is 70.1 cm³/mol. The average Bonchev–Trinajstić information content (AvgIpc) is 2.42. The summed E-state index contributed by atoms with van der Waals surface area (Å²) in [7, 11) is 1.79. The number of hydrogen-bond donors (Lipinski definition) is 1. The van der Waals surface area contributed by atoms with E-state index < -0.39 is 11.6 Å². The van der Waals surface area contributed by atoms with Crippen LogP contribution in [0.2, 0.25) is 0 Å². The highest BCUT2D eigenvalue weighted by molar-refractivity contribution is 5.27. The number of halogens is 2. The van der Waals surface area contributed by atoms with Gasteiger partial charge < -0.3 is 10.1 Å². The Bertz CT molecular complexity index is 531. The van der Waals surface area contributed by atoms with E-state index in [2.05, 4.69) is 5.32 Å². The summed E-state index contributed by atoms with van der Waals surface area (Å²) in [4.78, 5) is 0. The fourth-order valence-corrected chi connectivity index (χ4v) is 1.80. The molecule has 0 saturated carbocycles. The number of nitrogens with one attached hydrogen (secondary N) is 1. The molecule has 4 heteroatoms. The van der Waals surface area contributed by atoms with E-state index in [0.717, 1.165) is 11.6 Å². The topological polar surface area (TPSA) is 21.3 Å². The SMILES string of the molecule is CNCC(Oc1ccc(F)cc1F)c1ccccc1. The van der Waals surface area contributed by atoms with Crippen molar-refractivity contribution in [3.8, 4) is 5.75 Å². The molecule has 1 atom stereocenters. The Labute approximate surface area is 111 Å². The van der Waals surface area contributed by atoms with Gasteiger partial charge in [0.1, 0.15) is 11.9 Å². The van der Waals surface area contributed by atoms with Crippen LogP contribution < -0.4 is 10.1 Å². The van der Waals surface area contributed by atoms with Crippen molar-refractivity contribution in [1.29, 1.82) is 0 Å². The van der Waals surface area contributed by atoms with Gasteiger partial charge in [0.15, 0.2) is 11.6 Å². The molecule has 1 unspecified atom stereocenters. The molecule has 100 valence electrons. The Hall–Kier alpha value is -1.94. The lowest BCUT2D eigenvalue weighted by molar-refractivity contribution is 0.195. The van der Waals surface area contributed by atoms with Crippen molar-refractivity contribution in [3.05, 3.63) is 65.7 Å². The molecular formula is C15H15F2NO. The fourth-order valence-electron chi connectivity index (χ4n) is 1.80. The van der Waals surface area contributed by atoms with Crippen molar-refractivity contribution in [1.82, 2.24) is 5.32 Å². The minimum Gasteiger partial charge on any atom is -0.481 e. The van der Waals surface area contributed by atoms with Gasteiger partial charge in [0.2, 0.25) is 0 Å². The van der Waals surface area contributed by atoms with E-state index in [1.807, 2.05) is 30.3 Å². The van der Waals surface area contributed by atoms with Crippen LogP contribution in [0.3, 0.4) is 0 Å². The molecule has 0 spiro atoms. The third-order valence-corrected chi connectivity index (χ3v) is 2.72. The Morgan fingerprint density at radius 2 is 1.84 bits per heavy atom. The Morgan fingerprint density at radius 3 is 2.47 bits per heavy atom. The summed E-state index contributed by atoms with van der Waals surface area (Å²) in [6.07, 6.45) is -0.328. The molecule has 2 aromatic carbocycles. The van der Waals surface area contributed by atoms with Gasteiger partial charge in [-0.2, -0.15) is 0 Å². The first-order valence-electron chi connectivity index (χ1n) is 6.02. The van der Waals surface area contributed by atoms with Crippen LogP contribution in [0.5, 0.6) is 5.75 Å². The lowest BCUT2D eigenvalue weighted by atomic mass is 10.1. The summed E-state index contributed by atoms with van der Waals surface area (Å²) in [6.45, 7) is 0.529. The van der Waals surface area contributed by atoms with E-state index in [4.69, 9.17) is 4.74 Å². The average molecular weight is 263 g/mol. The van der Waals surface area contributed by atoms with Gasteiger partial charge in [-0.1, -0.05) is 30.3 Å². The maximum Gasteiger partial charge on any atom is 0.168 e. The third-order valence-electron chi connectivity index (χ3n) is 2.72. The predicted octanol–water partition coefficient (Wildman–Crippen LogP) is 3.30. The molecule has 0 fully saturated rings. The summed E-state index contributed by atoms with van der Waals surface area (Å²) in [5, 5.41) is 3.00. The first kappa shape index (κ1) is 13.5. The maximum absolute atomic E-state index is 13.6. The lowest BCUT2D eigenvalue weighted by Crippen LogP contribution is -2.22. The Balaban J connectivity index is 2.21. The molecule has 0 aromatic heterocycles. The van der Waals surface area contributed by atoms with Crippen molar-refractivity contribution in [2.75, 3.05) is 13.6 Å². The monoisotopic (exact) mass is 263 g/mol. The molecule has 2 nitrogen and oxygen atoms in total. The molecule has 0 aliphatic carbocycles. The lowest BCUT2D eigenvalue weighted by Gasteiger charge is -2.19. The first-order chi connectivity index (χ1) is 9.20. The second-order valence-electron chi connectivity index (χ2n) is 4.15. The summed E-state index contributed by atoms with van der Waals surface area (Å²) >= 11 is 0. The number of hydrogen-bond acceptors (Lipinski definition) is 2. The molecular weight excluding hydrogens is 248 g/mol. The van der Waals surface area contributed by atoms with Crippen molar-refractivity contribution >= 4 is 0 Å². The zero-order valence-electron chi connectivity index (χ0n) is 10.6. The summed E-state index contributed by atoms with van der Waals surface area (Å²) in [6, 6.07) is 12.8. The van der Waals surface area contributed by atoms with Crippen LogP contribution in [-0.4, -0.2) is 13.6 Å². The summed E-state index contributed by atoms with van der Waals surface area (Å²) < 4.78 is 32.1. The number of benzene rings is 2. The van der Waals surface area contributed by atoms with Crippen molar-refractivity contribution in [2.45, 2.75) is 6.10 Å². The molecule has 2 aromatic rings. The number of ether oxygens (including phenoxy) is 1. The van der Waals surface area contributed by atoms with Gasteiger partial charge >= 0.3 is 0 Å². The van der Waals surface area contributed by atoms with Crippen LogP contribution >= 0.6 is 0 Å². The largest absolute Gasteiger partial charge is 0.481 e. The van der Waals surface area contributed by atoms with Crippen LogP contribution in [0.25, 0.3) is 0 Å². The maximum atomic E-state index is 13.6. The molecule has 0 heterocycles. The molecule has 0 aliphatic heterocycles. The van der Waals surface area contributed by atoms with Crippen molar-refractivity contribution < 1.29 is 13.5 Å². The zero-order valence-corrected chi connectivity index (χ0v) is 10.6. The van der Waals surface area contributed by atoms with Gasteiger partial charge in [0.05, 0.1) is 0 Å². The van der Waals surface area contributed by atoms with Crippen LogP contribution in [0.4, 0.5) is 8.78 Å². The minimum atomic E-state index is -0.697. The molecule has 0 radical (unpaired) electrons. The van der Waals surface area contributed by atoms with E-state index in [1.165, 1.54) is 12.1 Å². The third kappa shape index (κ3) is 3.51. The summed E-state index contributed by atoms with van der Waals surface area (Å²) in [5.74, 6) is -1.27. The number of likely N-dealkylation sites (N-methyl/N-ethyl adjacent to an activating group) is 1. The molecule has 1 N–H and O–H groups in total. The van der Waals surface area contributed by atoms with E-state index in [1.54, 1.807) is 7.05 Å². The molecule has 0 aliphatic rings. The minimum absolute atomic E-state index is 0.0468. The zero-order chi connectivity index (χ0) is 13.7. The molecule has 0 saturated heterocycles. The highest BCUT2D eigenvalue weighted by atomic mass is 19.1. The molecule has 0 bridgehead atoms. The molecule has 0 amide bonds. The second-order valence-corrected chi connectivity index (χ2v) is 4.15. The normalized spacial score (nSPS) is 12.2.